The van der Waals surface area contributed by atoms with Crippen LogP contribution in [0.4, 0.5) is 20.8 Å². The molecule has 3 N–H and O–H groups in total. The Bertz CT molecular complexity index is 1400. The Hall–Kier alpha value is -3.20. The van der Waals surface area contributed by atoms with Gasteiger partial charge in [0.05, 0.1) is 16.3 Å². The SMILES string of the molecule is Nc1c(C(=O)c2ccccc2)sc(Nc2ccccc2F)c1S(=O)(=O)c1ccc(Cl)cc1. The Morgan fingerprint density at radius 2 is 1.56 bits per heavy atom. The van der Waals surface area contributed by atoms with Crippen LogP contribution in [0.2, 0.25) is 5.02 Å². The molecular formula is C23H16ClFN2O3S2. The van der Waals surface area contributed by atoms with E-state index in [1.807, 2.05) is 0 Å². The minimum Gasteiger partial charge on any atom is -0.396 e. The van der Waals surface area contributed by atoms with Gasteiger partial charge in [-0.15, -0.1) is 11.3 Å². The van der Waals surface area contributed by atoms with Gasteiger partial charge in [-0.25, -0.2) is 12.8 Å². The molecule has 0 aliphatic heterocycles. The zero-order chi connectivity index (χ0) is 22.9. The molecule has 0 spiro atoms. The number of hydrogen-bond acceptors (Lipinski definition) is 6. The average Bonchev–Trinajstić information content (AvgIpc) is 3.12. The summed E-state index contributed by atoms with van der Waals surface area (Å²) >= 11 is 6.75. The van der Waals surface area contributed by atoms with Gasteiger partial charge in [-0.05, 0) is 36.4 Å². The third-order valence-electron chi connectivity index (χ3n) is 4.66. The highest BCUT2D eigenvalue weighted by Crippen LogP contribution is 2.44. The monoisotopic (exact) mass is 486 g/mol. The smallest absolute Gasteiger partial charge is 0.211 e. The van der Waals surface area contributed by atoms with Crippen LogP contribution in [0.15, 0.2) is 88.7 Å². The first-order valence-corrected chi connectivity index (χ1v) is 12.0. The van der Waals surface area contributed by atoms with Crippen LogP contribution < -0.4 is 11.1 Å². The molecule has 32 heavy (non-hydrogen) atoms. The van der Waals surface area contributed by atoms with Crippen molar-refractivity contribution in [2.45, 2.75) is 9.79 Å². The van der Waals surface area contributed by atoms with Gasteiger partial charge in [-0.3, -0.25) is 4.79 Å². The average molecular weight is 487 g/mol. The van der Waals surface area contributed by atoms with Gasteiger partial charge in [0.2, 0.25) is 15.6 Å². The van der Waals surface area contributed by atoms with Crippen molar-refractivity contribution in [2.75, 3.05) is 11.1 Å². The zero-order valence-corrected chi connectivity index (χ0v) is 18.8. The number of anilines is 3. The number of thiophene rings is 1. The second-order valence-electron chi connectivity index (χ2n) is 6.76. The quantitative estimate of drug-likeness (QED) is 0.330. The number of ketones is 1. The first-order valence-electron chi connectivity index (χ1n) is 9.33. The number of halogens is 2. The van der Waals surface area contributed by atoms with Gasteiger partial charge in [-0.1, -0.05) is 54.1 Å². The van der Waals surface area contributed by atoms with E-state index in [4.69, 9.17) is 17.3 Å². The number of benzene rings is 3. The van der Waals surface area contributed by atoms with Crippen molar-refractivity contribution in [1.82, 2.24) is 0 Å². The molecule has 0 aliphatic rings. The van der Waals surface area contributed by atoms with E-state index in [1.54, 1.807) is 36.4 Å². The van der Waals surface area contributed by atoms with E-state index in [2.05, 4.69) is 5.32 Å². The Kier molecular flexibility index (Phi) is 6.01. The molecule has 0 radical (unpaired) electrons. The lowest BCUT2D eigenvalue weighted by atomic mass is 10.1. The molecular weight excluding hydrogens is 471 g/mol. The fraction of sp³-hybridized carbons (Fsp3) is 0. The number of carbonyl (C=O) groups is 1. The number of nitrogens with two attached hydrogens (primary N) is 1. The Morgan fingerprint density at radius 3 is 2.22 bits per heavy atom. The lowest BCUT2D eigenvalue weighted by Gasteiger charge is -2.10. The number of carbonyl (C=O) groups excluding carboxylic acids is 1. The first-order chi connectivity index (χ1) is 15.3. The van der Waals surface area contributed by atoms with Crippen molar-refractivity contribution in [3.05, 3.63) is 100 Å². The maximum absolute atomic E-state index is 14.3. The van der Waals surface area contributed by atoms with Crippen LogP contribution in [0.5, 0.6) is 0 Å². The number of rotatable bonds is 6. The standard InChI is InChI=1S/C23H16ClFN2O3S2/c24-15-10-12-16(13-11-15)32(29,30)22-19(26)21(20(28)14-6-2-1-3-7-14)31-23(22)27-18-9-5-4-8-17(18)25/h1-13,27H,26H2. The van der Waals surface area contributed by atoms with Crippen molar-refractivity contribution in [3.63, 3.8) is 0 Å². The third-order valence-corrected chi connectivity index (χ3v) is 8.01. The molecule has 4 rings (SSSR count). The fourth-order valence-corrected chi connectivity index (χ4v) is 6.14. The number of nitrogen functional groups attached to an aromatic ring is 1. The van der Waals surface area contributed by atoms with Crippen LogP contribution in [0, 0.1) is 5.82 Å². The zero-order valence-electron chi connectivity index (χ0n) is 16.4. The van der Waals surface area contributed by atoms with E-state index in [9.17, 15) is 17.6 Å². The van der Waals surface area contributed by atoms with E-state index in [1.165, 1.54) is 42.5 Å². The van der Waals surface area contributed by atoms with E-state index in [0.717, 1.165) is 11.3 Å². The molecule has 0 aliphatic carbocycles. The van der Waals surface area contributed by atoms with Gasteiger partial charge < -0.3 is 11.1 Å². The predicted octanol–water partition coefficient (Wildman–Crippen LogP) is 5.93. The molecule has 9 heteroatoms. The van der Waals surface area contributed by atoms with Crippen LogP contribution in [0.25, 0.3) is 0 Å². The molecule has 5 nitrogen and oxygen atoms in total. The van der Waals surface area contributed by atoms with Crippen LogP contribution in [-0.2, 0) is 9.84 Å². The molecule has 0 saturated carbocycles. The highest BCUT2D eigenvalue weighted by molar-refractivity contribution is 7.92. The van der Waals surface area contributed by atoms with Gasteiger partial charge >= 0.3 is 0 Å². The minimum absolute atomic E-state index is 0.0434. The Balaban J connectivity index is 1.90. The molecule has 0 saturated heterocycles. The summed E-state index contributed by atoms with van der Waals surface area (Å²) < 4.78 is 41.2. The number of nitrogens with one attached hydrogen (secondary N) is 1. The number of hydrogen-bond donors (Lipinski definition) is 2. The van der Waals surface area contributed by atoms with E-state index in [0.29, 0.717) is 10.6 Å². The molecule has 0 bridgehead atoms. The van der Waals surface area contributed by atoms with E-state index >= 15 is 0 Å². The number of sulfone groups is 1. The number of para-hydroxylation sites is 1. The van der Waals surface area contributed by atoms with Crippen LogP contribution in [0.3, 0.4) is 0 Å². The summed E-state index contributed by atoms with van der Waals surface area (Å²) in [4.78, 5) is 12.8. The molecule has 4 aromatic rings. The molecule has 0 atom stereocenters. The second-order valence-corrected chi connectivity index (χ2v) is 10.1. The second kappa shape index (κ2) is 8.74. The first kappa shape index (κ1) is 22.0. The van der Waals surface area contributed by atoms with E-state index < -0.39 is 21.4 Å². The van der Waals surface area contributed by atoms with Gasteiger partial charge in [0.15, 0.2) is 0 Å². The van der Waals surface area contributed by atoms with Crippen molar-refractivity contribution in [3.8, 4) is 0 Å². The molecule has 0 amide bonds. The van der Waals surface area contributed by atoms with Crippen LogP contribution in [0.1, 0.15) is 15.2 Å². The molecule has 3 aromatic carbocycles. The highest BCUT2D eigenvalue weighted by Gasteiger charge is 2.32. The maximum atomic E-state index is 14.3. The lowest BCUT2D eigenvalue weighted by molar-refractivity contribution is 0.104. The van der Waals surface area contributed by atoms with Gasteiger partial charge in [0.25, 0.3) is 0 Å². The topological polar surface area (TPSA) is 89.3 Å². The largest absolute Gasteiger partial charge is 0.396 e. The Morgan fingerprint density at radius 1 is 0.938 bits per heavy atom. The normalized spacial score (nSPS) is 11.3. The summed E-state index contributed by atoms with van der Waals surface area (Å²) in [7, 11) is -4.16. The predicted molar refractivity (Wildman–Crippen MR) is 125 cm³/mol. The highest BCUT2D eigenvalue weighted by atomic mass is 35.5. The summed E-state index contributed by atoms with van der Waals surface area (Å²) in [6.07, 6.45) is 0. The lowest BCUT2D eigenvalue weighted by Crippen LogP contribution is -2.08. The van der Waals surface area contributed by atoms with Crippen LogP contribution >= 0.6 is 22.9 Å². The van der Waals surface area contributed by atoms with Crippen molar-refractivity contribution in [1.29, 1.82) is 0 Å². The molecule has 162 valence electrons. The molecule has 1 aromatic heterocycles. The van der Waals surface area contributed by atoms with Gasteiger partial charge in [0, 0.05) is 10.6 Å². The van der Waals surface area contributed by atoms with Crippen molar-refractivity contribution in [2.24, 2.45) is 0 Å². The summed E-state index contributed by atoms with van der Waals surface area (Å²) in [5.41, 5.74) is 6.45. The maximum Gasteiger partial charge on any atom is 0.211 e. The third kappa shape index (κ3) is 4.12. The van der Waals surface area contributed by atoms with Gasteiger partial charge in [0.1, 0.15) is 20.6 Å². The fourth-order valence-electron chi connectivity index (χ4n) is 3.08. The Labute approximate surface area is 193 Å². The summed E-state index contributed by atoms with van der Waals surface area (Å²) in [6.45, 7) is 0. The molecule has 0 fully saturated rings. The summed E-state index contributed by atoms with van der Waals surface area (Å²) in [5, 5.41) is 3.21. The summed E-state index contributed by atoms with van der Waals surface area (Å²) in [5.74, 6) is -1.01. The van der Waals surface area contributed by atoms with Crippen molar-refractivity contribution < 1.29 is 17.6 Å². The molecule has 1 heterocycles. The van der Waals surface area contributed by atoms with Crippen LogP contribution in [-0.4, -0.2) is 14.2 Å². The van der Waals surface area contributed by atoms with Crippen molar-refractivity contribution >= 4 is 54.9 Å². The van der Waals surface area contributed by atoms with Gasteiger partial charge in [-0.2, -0.15) is 0 Å². The summed E-state index contributed by atoms with van der Waals surface area (Å²) in [6, 6.07) is 19.8. The minimum atomic E-state index is -4.16. The molecule has 0 unspecified atom stereocenters. The van der Waals surface area contributed by atoms with E-state index in [-0.39, 0.29) is 31.0 Å².